The van der Waals surface area contributed by atoms with Crippen molar-refractivity contribution < 1.29 is 9.53 Å². The molecule has 0 spiro atoms. The minimum Gasteiger partial charge on any atom is -0.494 e. The predicted molar refractivity (Wildman–Crippen MR) is 98.5 cm³/mol. The molecule has 0 saturated carbocycles. The third-order valence-corrected chi connectivity index (χ3v) is 4.14. The lowest BCUT2D eigenvalue weighted by atomic mass is 10.2. The fourth-order valence-corrected chi connectivity index (χ4v) is 2.84. The molecule has 1 heterocycles. The number of ether oxygens (including phenoxy) is 1. The van der Waals surface area contributed by atoms with E-state index in [1.807, 2.05) is 30.3 Å². The molecule has 0 saturated heterocycles. The van der Waals surface area contributed by atoms with Crippen molar-refractivity contribution in [1.29, 1.82) is 0 Å². The fourth-order valence-electron chi connectivity index (χ4n) is 2.84. The van der Waals surface area contributed by atoms with Gasteiger partial charge in [-0.25, -0.2) is 4.98 Å². The second kappa shape index (κ2) is 8.33. The van der Waals surface area contributed by atoms with Gasteiger partial charge in [0.2, 0.25) is 6.41 Å². The number of hydrogen-bond acceptors (Lipinski definition) is 3. The second-order valence-corrected chi connectivity index (χ2v) is 6.04. The highest BCUT2D eigenvalue weighted by atomic mass is 16.5. The molecule has 0 aliphatic heterocycles. The SMILES string of the molecule is Cc1ccc(OCCCCn2c(CNC=O)nc3ccccc32)cc1. The van der Waals surface area contributed by atoms with Crippen LogP contribution in [0.15, 0.2) is 48.5 Å². The van der Waals surface area contributed by atoms with E-state index < -0.39 is 0 Å². The Balaban J connectivity index is 1.56. The molecule has 3 aromatic rings. The molecule has 1 aromatic heterocycles. The molecule has 1 amide bonds. The Labute approximate surface area is 147 Å². The Bertz CT molecular complexity index is 825. The normalized spacial score (nSPS) is 10.8. The summed E-state index contributed by atoms with van der Waals surface area (Å²) in [5, 5.41) is 2.70. The van der Waals surface area contributed by atoms with Crippen LogP contribution in [-0.2, 0) is 17.9 Å². The molecule has 0 aliphatic carbocycles. The van der Waals surface area contributed by atoms with Gasteiger partial charge in [-0.1, -0.05) is 29.8 Å². The van der Waals surface area contributed by atoms with Crippen molar-refractivity contribution in [1.82, 2.24) is 14.9 Å². The Morgan fingerprint density at radius 3 is 2.72 bits per heavy atom. The van der Waals surface area contributed by atoms with Crippen LogP contribution in [0.5, 0.6) is 5.75 Å². The van der Waals surface area contributed by atoms with Crippen molar-refractivity contribution in [2.24, 2.45) is 0 Å². The van der Waals surface area contributed by atoms with Gasteiger partial charge in [0.1, 0.15) is 11.6 Å². The van der Waals surface area contributed by atoms with Crippen molar-refractivity contribution in [3.8, 4) is 5.75 Å². The van der Waals surface area contributed by atoms with Crippen LogP contribution in [0, 0.1) is 6.92 Å². The Morgan fingerprint density at radius 1 is 1.12 bits per heavy atom. The molecular weight excluding hydrogens is 314 g/mol. The van der Waals surface area contributed by atoms with Gasteiger partial charge >= 0.3 is 0 Å². The van der Waals surface area contributed by atoms with Crippen molar-refractivity contribution in [3.05, 3.63) is 59.9 Å². The maximum absolute atomic E-state index is 10.6. The molecule has 0 atom stereocenters. The van der Waals surface area contributed by atoms with Gasteiger partial charge in [-0.3, -0.25) is 4.79 Å². The van der Waals surface area contributed by atoms with Crippen LogP contribution < -0.4 is 10.1 Å². The van der Waals surface area contributed by atoms with Gasteiger partial charge in [-0.05, 0) is 44.0 Å². The van der Waals surface area contributed by atoms with Gasteiger partial charge in [-0.2, -0.15) is 0 Å². The highest BCUT2D eigenvalue weighted by Crippen LogP contribution is 2.17. The first-order valence-corrected chi connectivity index (χ1v) is 8.58. The second-order valence-electron chi connectivity index (χ2n) is 6.04. The number of para-hydroxylation sites is 2. The number of amides is 1. The lowest BCUT2D eigenvalue weighted by Gasteiger charge is -2.10. The lowest BCUT2D eigenvalue weighted by molar-refractivity contribution is -0.109. The van der Waals surface area contributed by atoms with E-state index in [9.17, 15) is 4.79 Å². The van der Waals surface area contributed by atoms with Crippen LogP contribution in [0.25, 0.3) is 11.0 Å². The Hall–Kier alpha value is -2.82. The summed E-state index contributed by atoms with van der Waals surface area (Å²) >= 11 is 0. The average molecular weight is 337 g/mol. The van der Waals surface area contributed by atoms with Gasteiger partial charge in [0, 0.05) is 6.54 Å². The van der Waals surface area contributed by atoms with Crippen molar-refractivity contribution in [2.75, 3.05) is 6.61 Å². The maximum atomic E-state index is 10.6. The molecule has 0 fully saturated rings. The number of nitrogens with one attached hydrogen (secondary N) is 1. The Kier molecular flexibility index (Phi) is 5.67. The minimum atomic E-state index is 0.443. The predicted octanol–water partition coefficient (Wildman–Crippen LogP) is 3.45. The largest absolute Gasteiger partial charge is 0.494 e. The van der Waals surface area contributed by atoms with E-state index in [-0.39, 0.29) is 0 Å². The number of unbranched alkanes of at least 4 members (excludes halogenated alkanes) is 1. The molecule has 0 bridgehead atoms. The Morgan fingerprint density at radius 2 is 1.92 bits per heavy atom. The summed E-state index contributed by atoms with van der Waals surface area (Å²) in [5.74, 6) is 1.79. The van der Waals surface area contributed by atoms with Crippen molar-refractivity contribution >= 4 is 17.4 Å². The van der Waals surface area contributed by atoms with Gasteiger partial charge in [0.05, 0.1) is 24.2 Å². The van der Waals surface area contributed by atoms with E-state index in [1.54, 1.807) is 0 Å². The zero-order valence-corrected chi connectivity index (χ0v) is 14.4. The molecule has 2 aromatic carbocycles. The number of imidazole rings is 1. The summed E-state index contributed by atoms with van der Waals surface area (Å²) in [5.41, 5.74) is 3.29. The fraction of sp³-hybridized carbons (Fsp3) is 0.300. The monoisotopic (exact) mass is 337 g/mol. The highest BCUT2D eigenvalue weighted by molar-refractivity contribution is 5.75. The van der Waals surface area contributed by atoms with Crippen LogP contribution >= 0.6 is 0 Å². The van der Waals surface area contributed by atoms with E-state index in [0.29, 0.717) is 19.6 Å². The van der Waals surface area contributed by atoms with E-state index in [2.05, 4.69) is 40.0 Å². The summed E-state index contributed by atoms with van der Waals surface area (Å²) in [6.07, 6.45) is 2.65. The van der Waals surface area contributed by atoms with Gasteiger partial charge in [-0.15, -0.1) is 0 Å². The standard InChI is InChI=1S/C20H23N3O2/c1-16-8-10-17(11-9-16)25-13-5-4-12-23-19-7-3-2-6-18(19)22-20(23)14-21-15-24/h2-3,6-11,15H,4-5,12-14H2,1H3,(H,21,24). The summed E-state index contributed by atoms with van der Waals surface area (Å²) in [6, 6.07) is 16.2. The summed E-state index contributed by atoms with van der Waals surface area (Å²) in [6.45, 7) is 4.06. The molecule has 0 unspecified atom stereocenters. The topological polar surface area (TPSA) is 56.1 Å². The molecule has 0 radical (unpaired) electrons. The number of aryl methyl sites for hydroxylation is 2. The van der Waals surface area contributed by atoms with Crippen LogP contribution in [0.2, 0.25) is 0 Å². The zero-order valence-electron chi connectivity index (χ0n) is 14.4. The number of carbonyl (C=O) groups is 1. The van der Waals surface area contributed by atoms with Gasteiger partial charge < -0.3 is 14.6 Å². The molecule has 130 valence electrons. The van der Waals surface area contributed by atoms with E-state index in [1.165, 1.54) is 5.56 Å². The number of rotatable bonds is 9. The van der Waals surface area contributed by atoms with Crippen LogP contribution in [0.4, 0.5) is 0 Å². The number of hydrogen-bond donors (Lipinski definition) is 1. The number of nitrogens with zero attached hydrogens (tertiary/aromatic N) is 2. The minimum absolute atomic E-state index is 0.443. The molecule has 1 N–H and O–H groups in total. The zero-order chi connectivity index (χ0) is 17.5. The third-order valence-electron chi connectivity index (χ3n) is 4.14. The number of aromatic nitrogens is 2. The summed E-state index contributed by atoms with van der Waals surface area (Å²) in [7, 11) is 0. The lowest BCUT2D eigenvalue weighted by Crippen LogP contribution is -2.15. The van der Waals surface area contributed by atoms with Crippen LogP contribution in [-0.4, -0.2) is 22.6 Å². The van der Waals surface area contributed by atoms with Crippen LogP contribution in [0.3, 0.4) is 0 Å². The molecule has 25 heavy (non-hydrogen) atoms. The summed E-state index contributed by atoms with van der Waals surface area (Å²) in [4.78, 5) is 15.2. The first-order valence-electron chi connectivity index (χ1n) is 8.58. The van der Waals surface area contributed by atoms with E-state index in [0.717, 1.165) is 42.0 Å². The average Bonchev–Trinajstić information content (AvgIpc) is 2.99. The van der Waals surface area contributed by atoms with E-state index >= 15 is 0 Å². The first kappa shape index (κ1) is 17.0. The summed E-state index contributed by atoms with van der Waals surface area (Å²) < 4.78 is 7.96. The molecular formula is C20H23N3O2. The molecule has 0 aliphatic rings. The molecule has 5 heteroatoms. The molecule has 5 nitrogen and oxygen atoms in total. The maximum Gasteiger partial charge on any atom is 0.207 e. The van der Waals surface area contributed by atoms with Crippen LogP contribution in [0.1, 0.15) is 24.2 Å². The van der Waals surface area contributed by atoms with Crippen molar-refractivity contribution in [3.63, 3.8) is 0 Å². The number of carbonyl (C=O) groups excluding carboxylic acids is 1. The highest BCUT2D eigenvalue weighted by Gasteiger charge is 2.09. The third kappa shape index (κ3) is 4.38. The number of fused-ring (bicyclic) bond motifs is 1. The smallest absolute Gasteiger partial charge is 0.207 e. The molecule has 3 rings (SSSR count). The first-order chi connectivity index (χ1) is 12.3. The van der Waals surface area contributed by atoms with Gasteiger partial charge in [0.25, 0.3) is 0 Å². The van der Waals surface area contributed by atoms with Gasteiger partial charge in [0.15, 0.2) is 0 Å². The quantitative estimate of drug-likeness (QED) is 0.481. The van der Waals surface area contributed by atoms with Crippen molar-refractivity contribution in [2.45, 2.75) is 32.9 Å². The van der Waals surface area contributed by atoms with E-state index in [4.69, 9.17) is 4.74 Å². The number of benzene rings is 2.